The Morgan fingerprint density at radius 2 is 2.03 bits per heavy atom. The van der Waals surface area contributed by atoms with Crippen molar-refractivity contribution in [3.63, 3.8) is 0 Å². The quantitative estimate of drug-likeness (QED) is 0.431. The van der Waals surface area contributed by atoms with E-state index < -0.39 is 23.8 Å². The molecular weight excluding hydrogens is 430 g/mol. The number of amides is 2. The van der Waals surface area contributed by atoms with Crippen molar-refractivity contribution in [2.75, 3.05) is 13.2 Å². The summed E-state index contributed by atoms with van der Waals surface area (Å²) < 4.78 is 4.96. The highest BCUT2D eigenvalue weighted by Crippen LogP contribution is 2.33. The third-order valence-electron chi connectivity index (χ3n) is 4.30. The van der Waals surface area contributed by atoms with Gasteiger partial charge in [-0.1, -0.05) is 11.6 Å². The zero-order chi connectivity index (χ0) is 22.3. The maximum absolute atomic E-state index is 12.5. The molecule has 162 valence electrons. The van der Waals surface area contributed by atoms with Crippen LogP contribution < -0.4 is 16.4 Å². The third-order valence-corrected chi connectivity index (χ3v) is 5.31. The number of carbonyl (C=O) groups is 3. The first-order chi connectivity index (χ1) is 14.3. The van der Waals surface area contributed by atoms with Crippen LogP contribution in [0, 0.1) is 6.92 Å². The Morgan fingerprint density at radius 3 is 2.70 bits per heavy atom. The molecule has 0 fully saturated rings. The van der Waals surface area contributed by atoms with Crippen molar-refractivity contribution >= 4 is 40.7 Å². The van der Waals surface area contributed by atoms with E-state index in [0.29, 0.717) is 21.7 Å². The molecule has 0 aliphatic heterocycles. The fraction of sp³-hybridized carbons (Fsp3) is 0.350. The Bertz CT molecular complexity index is 931. The van der Waals surface area contributed by atoms with Crippen LogP contribution in [0.4, 0.5) is 0 Å². The zero-order valence-electron chi connectivity index (χ0n) is 16.7. The van der Waals surface area contributed by atoms with Gasteiger partial charge in [-0.25, -0.2) is 0 Å². The Kier molecular flexibility index (Phi) is 8.64. The molecule has 10 heteroatoms. The first kappa shape index (κ1) is 23.7. The minimum absolute atomic E-state index is 0.0797. The molecule has 0 bridgehead atoms. The van der Waals surface area contributed by atoms with Gasteiger partial charge in [-0.05, 0) is 42.5 Å². The maximum Gasteiger partial charge on any atom is 0.308 e. The Hall–Kier alpha value is -2.62. The summed E-state index contributed by atoms with van der Waals surface area (Å²) in [5.41, 5.74) is 7.50. The molecule has 2 aromatic rings. The molecular formula is C20H24ClN3O5S. The number of carbonyl (C=O) groups excluding carboxylic acids is 3. The van der Waals surface area contributed by atoms with Gasteiger partial charge in [-0.15, -0.1) is 0 Å². The van der Waals surface area contributed by atoms with Gasteiger partial charge in [-0.3, -0.25) is 14.4 Å². The number of aromatic hydroxyl groups is 1. The lowest BCUT2D eigenvalue weighted by molar-refractivity contribution is -0.143. The molecule has 1 atom stereocenters. The van der Waals surface area contributed by atoms with Crippen LogP contribution in [-0.2, 0) is 20.9 Å². The largest absolute Gasteiger partial charge is 0.507 e. The van der Waals surface area contributed by atoms with Crippen LogP contribution in [0.1, 0.15) is 46.4 Å². The number of benzene rings is 1. The number of hydrogen-bond acceptors (Lipinski definition) is 7. The van der Waals surface area contributed by atoms with E-state index in [4.69, 9.17) is 22.1 Å². The van der Waals surface area contributed by atoms with E-state index in [-0.39, 0.29) is 37.4 Å². The Morgan fingerprint density at radius 1 is 1.30 bits per heavy atom. The minimum atomic E-state index is -0.883. The normalized spacial score (nSPS) is 11.6. The van der Waals surface area contributed by atoms with Crippen LogP contribution in [0.3, 0.4) is 0 Å². The molecule has 2 rings (SSSR count). The highest BCUT2D eigenvalue weighted by Gasteiger charge is 2.24. The molecule has 1 heterocycles. The molecule has 30 heavy (non-hydrogen) atoms. The molecule has 0 unspecified atom stereocenters. The van der Waals surface area contributed by atoms with Gasteiger partial charge in [0.15, 0.2) is 0 Å². The number of rotatable bonds is 9. The van der Waals surface area contributed by atoms with E-state index in [1.165, 1.54) is 17.4 Å². The lowest BCUT2D eigenvalue weighted by Gasteiger charge is -2.21. The molecule has 0 aliphatic carbocycles. The van der Waals surface area contributed by atoms with Crippen LogP contribution in [-0.4, -0.2) is 36.0 Å². The Balaban J connectivity index is 2.12. The second-order valence-electron chi connectivity index (χ2n) is 6.49. The highest BCUT2D eigenvalue weighted by molar-refractivity contribution is 7.08. The predicted molar refractivity (Wildman–Crippen MR) is 115 cm³/mol. The summed E-state index contributed by atoms with van der Waals surface area (Å²) in [4.78, 5) is 36.8. The maximum atomic E-state index is 12.5. The summed E-state index contributed by atoms with van der Waals surface area (Å²) in [5.74, 6) is -1.59. The molecule has 0 spiro atoms. The van der Waals surface area contributed by atoms with Crippen molar-refractivity contribution in [1.82, 2.24) is 10.6 Å². The summed E-state index contributed by atoms with van der Waals surface area (Å²) in [6.07, 6.45) is -0.206. The van der Waals surface area contributed by atoms with E-state index >= 15 is 0 Å². The summed E-state index contributed by atoms with van der Waals surface area (Å²) >= 11 is 7.43. The summed E-state index contributed by atoms with van der Waals surface area (Å²) in [6.45, 7) is 3.40. The second kappa shape index (κ2) is 11.0. The molecule has 8 nitrogen and oxygen atoms in total. The first-order valence-corrected chi connectivity index (χ1v) is 10.6. The van der Waals surface area contributed by atoms with E-state index in [1.54, 1.807) is 30.7 Å². The molecule has 1 aromatic carbocycles. The summed E-state index contributed by atoms with van der Waals surface area (Å²) in [6, 6.07) is 2.16. The van der Waals surface area contributed by atoms with Gasteiger partial charge < -0.3 is 26.2 Å². The standard InChI is InChI=1S/C20H24ClN3O5S/c1-3-29-18(26)6-16(14-5-13(21)4-11(2)19(14)27)24-17(25)8-23-20(28)15-10-30-9-12(15)7-22/h4-5,9-10,16,27H,3,6-8,22H2,1-2H3,(H,23,28)(H,24,25)/t16-/m0/s1. The fourth-order valence-electron chi connectivity index (χ4n) is 2.83. The molecule has 0 saturated heterocycles. The average molecular weight is 454 g/mol. The van der Waals surface area contributed by atoms with Gasteiger partial charge in [0.2, 0.25) is 5.91 Å². The van der Waals surface area contributed by atoms with Crippen LogP contribution in [0.15, 0.2) is 22.9 Å². The van der Waals surface area contributed by atoms with Crippen molar-refractivity contribution in [3.8, 4) is 5.75 Å². The number of aryl methyl sites for hydroxylation is 1. The lowest BCUT2D eigenvalue weighted by atomic mass is 9.99. The van der Waals surface area contributed by atoms with E-state index in [2.05, 4.69) is 10.6 Å². The first-order valence-electron chi connectivity index (χ1n) is 9.24. The van der Waals surface area contributed by atoms with Crippen LogP contribution in [0.25, 0.3) is 0 Å². The molecule has 5 N–H and O–H groups in total. The van der Waals surface area contributed by atoms with Crippen molar-refractivity contribution in [1.29, 1.82) is 0 Å². The van der Waals surface area contributed by atoms with Gasteiger partial charge in [0.25, 0.3) is 5.91 Å². The molecule has 0 aliphatic rings. The highest BCUT2D eigenvalue weighted by atomic mass is 35.5. The number of nitrogens with one attached hydrogen (secondary N) is 2. The predicted octanol–water partition coefficient (Wildman–Crippen LogP) is 2.41. The zero-order valence-corrected chi connectivity index (χ0v) is 18.2. The van der Waals surface area contributed by atoms with Gasteiger partial charge >= 0.3 is 5.97 Å². The smallest absolute Gasteiger partial charge is 0.308 e. The number of phenolic OH excluding ortho intramolecular Hbond substituents is 1. The number of esters is 1. The SMILES string of the molecule is CCOC(=O)C[C@H](NC(=O)CNC(=O)c1cscc1CN)c1cc(Cl)cc(C)c1O. The van der Waals surface area contributed by atoms with E-state index in [1.807, 2.05) is 0 Å². The lowest BCUT2D eigenvalue weighted by Crippen LogP contribution is -2.39. The number of thiophene rings is 1. The monoisotopic (exact) mass is 453 g/mol. The molecule has 2 amide bonds. The second-order valence-corrected chi connectivity index (χ2v) is 7.67. The van der Waals surface area contributed by atoms with Crippen molar-refractivity contribution in [2.24, 2.45) is 5.73 Å². The van der Waals surface area contributed by atoms with Gasteiger partial charge in [0.1, 0.15) is 5.75 Å². The summed E-state index contributed by atoms with van der Waals surface area (Å²) in [5, 5.41) is 19.4. The van der Waals surface area contributed by atoms with Gasteiger partial charge in [0, 0.05) is 22.5 Å². The van der Waals surface area contributed by atoms with Crippen LogP contribution in [0.5, 0.6) is 5.75 Å². The minimum Gasteiger partial charge on any atom is -0.507 e. The van der Waals surface area contributed by atoms with E-state index in [0.717, 1.165) is 0 Å². The van der Waals surface area contributed by atoms with Gasteiger partial charge in [0.05, 0.1) is 31.2 Å². The van der Waals surface area contributed by atoms with Gasteiger partial charge in [-0.2, -0.15) is 11.3 Å². The third kappa shape index (κ3) is 6.19. The van der Waals surface area contributed by atoms with E-state index in [9.17, 15) is 19.5 Å². The number of nitrogens with two attached hydrogens (primary N) is 1. The number of ether oxygens (including phenoxy) is 1. The van der Waals surface area contributed by atoms with Crippen molar-refractivity contribution in [3.05, 3.63) is 50.2 Å². The number of hydrogen-bond donors (Lipinski definition) is 4. The fourth-order valence-corrected chi connectivity index (χ4v) is 3.97. The molecule has 0 saturated carbocycles. The van der Waals surface area contributed by atoms with Crippen LogP contribution >= 0.6 is 22.9 Å². The number of phenols is 1. The summed E-state index contributed by atoms with van der Waals surface area (Å²) in [7, 11) is 0. The molecule has 1 aromatic heterocycles. The Labute approximate surface area is 183 Å². The molecule has 0 radical (unpaired) electrons. The van der Waals surface area contributed by atoms with Crippen molar-refractivity contribution in [2.45, 2.75) is 32.9 Å². The van der Waals surface area contributed by atoms with Crippen LogP contribution in [0.2, 0.25) is 5.02 Å². The number of halogens is 1. The topological polar surface area (TPSA) is 131 Å². The average Bonchev–Trinajstić information content (AvgIpc) is 3.17. The van der Waals surface area contributed by atoms with Crippen molar-refractivity contribution < 1.29 is 24.2 Å².